The molecular weight excluding hydrogens is 226 g/mol. The highest BCUT2D eigenvalue weighted by atomic mass is 16.5. The van der Waals surface area contributed by atoms with Crippen LogP contribution in [0.1, 0.15) is 33.5 Å². The van der Waals surface area contributed by atoms with Crippen molar-refractivity contribution >= 4 is 12.0 Å². The second-order valence-corrected chi connectivity index (χ2v) is 4.99. The monoisotopic (exact) mass is 243 g/mol. The van der Waals surface area contributed by atoms with Crippen LogP contribution in [-0.2, 0) is 11.2 Å². The summed E-state index contributed by atoms with van der Waals surface area (Å²) in [5.41, 5.74) is 5.68. The second kappa shape index (κ2) is 4.58. The average molecular weight is 243 g/mol. The molecule has 1 amide bonds. The van der Waals surface area contributed by atoms with E-state index in [-0.39, 0.29) is 5.91 Å². The van der Waals surface area contributed by atoms with Crippen LogP contribution in [-0.4, -0.2) is 25.7 Å². The number of hydrogen-bond acceptors (Lipinski definition) is 2. The van der Waals surface area contributed by atoms with Gasteiger partial charge in [-0.15, -0.1) is 0 Å². The molecule has 0 aliphatic carbocycles. The molecule has 0 unspecified atom stereocenters. The van der Waals surface area contributed by atoms with Crippen LogP contribution < -0.4 is 5.32 Å². The second-order valence-electron chi connectivity index (χ2n) is 4.99. The number of fused-ring (bicyclic) bond motifs is 1. The van der Waals surface area contributed by atoms with Crippen molar-refractivity contribution in [2.45, 2.75) is 19.8 Å². The topological polar surface area (TPSA) is 38.3 Å². The van der Waals surface area contributed by atoms with Crippen LogP contribution >= 0.6 is 0 Å². The quantitative estimate of drug-likeness (QED) is 0.820. The number of carbonyl (C=O) groups is 1. The number of ether oxygens (including phenoxy) is 1. The van der Waals surface area contributed by atoms with E-state index < -0.39 is 0 Å². The van der Waals surface area contributed by atoms with Crippen molar-refractivity contribution in [3.05, 3.63) is 40.0 Å². The van der Waals surface area contributed by atoms with Gasteiger partial charge in [-0.2, -0.15) is 0 Å². The predicted octanol–water partition coefficient (Wildman–Crippen LogP) is 2.08. The molecule has 1 aromatic rings. The number of carbonyl (C=O) groups excluding carboxylic acids is 1. The van der Waals surface area contributed by atoms with E-state index in [4.69, 9.17) is 4.74 Å². The van der Waals surface area contributed by atoms with E-state index in [9.17, 15) is 4.79 Å². The van der Waals surface area contributed by atoms with Gasteiger partial charge in [0.05, 0.1) is 13.2 Å². The van der Waals surface area contributed by atoms with Crippen molar-refractivity contribution in [3.8, 4) is 0 Å². The van der Waals surface area contributed by atoms with Crippen LogP contribution in [0.25, 0.3) is 6.08 Å². The van der Waals surface area contributed by atoms with Crippen LogP contribution in [0.5, 0.6) is 0 Å². The van der Waals surface area contributed by atoms with Crippen LogP contribution in [0, 0.1) is 6.92 Å². The molecule has 3 rings (SSSR count). The molecule has 1 fully saturated rings. The predicted molar refractivity (Wildman–Crippen MR) is 70.6 cm³/mol. The number of amides is 1. The van der Waals surface area contributed by atoms with E-state index in [1.165, 1.54) is 16.7 Å². The van der Waals surface area contributed by atoms with Crippen molar-refractivity contribution in [1.29, 1.82) is 0 Å². The van der Waals surface area contributed by atoms with E-state index in [2.05, 4.69) is 17.5 Å². The molecule has 2 heterocycles. The van der Waals surface area contributed by atoms with E-state index in [1.807, 2.05) is 13.0 Å². The van der Waals surface area contributed by atoms with Crippen LogP contribution in [0.2, 0.25) is 0 Å². The zero-order valence-corrected chi connectivity index (χ0v) is 10.6. The Labute approximate surface area is 107 Å². The van der Waals surface area contributed by atoms with Crippen molar-refractivity contribution in [2.75, 3.05) is 19.8 Å². The molecule has 0 bridgehead atoms. The molecule has 0 radical (unpaired) electrons. The van der Waals surface area contributed by atoms with Crippen LogP contribution in [0.15, 0.2) is 17.7 Å². The Morgan fingerprint density at radius 2 is 2.22 bits per heavy atom. The van der Waals surface area contributed by atoms with Gasteiger partial charge in [-0.3, -0.25) is 4.79 Å². The van der Waals surface area contributed by atoms with Gasteiger partial charge >= 0.3 is 0 Å². The lowest BCUT2D eigenvalue weighted by molar-refractivity contribution is 0.0946. The summed E-state index contributed by atoms with van der Waals surface area (Å²) in [5.74, 6) is 0.0577. The SMILES string of the molecule is Cc1cc(/C=C2\CCOC2)c2c(c1)C(=O)NCC2. The lowest BCUT2D eigenvalue weighted by Crippen LogP contribution is -2.32. The highest BCUT2D eigenvalue weighted by Gasteiger charge is 2.19. The fraction of sp³-hybridized carbons (Fsp3) is 0.400. The Kier molecular flexibility index (Phi) is 2.92. The minimum atomic E-state index is 0.0577. The molecular formula is C15H17NO2. The van der Waals surface area contributed by atoms with Gasteiger partial charge < -0.3 is 10.1 Å². The van der Waals surface area contributed by atoms with E-state index in [0.717, 1.165) is 43.7 Å². The molecule has 18 heavy (non-hydrogen) atoms. The number of aryl methyl sites for hydroxylation is 1. The third kappa shape index (κ3) is 2.06. The normalized spacial score (nSPS) is 20.9. The standard InChI is InChI=1S/C15H17NO2/c1-10-6-12(8-11-3-5-18-9-11)13-2-4-16-15(17)14(13)7-10/h6-8H,2-5,9H2,1H3,(H,16,17)/b11-8+. The molecule has 3 nitrogen and oxygen atoms in total. The van der Waals surface area contributed by atoms with Gasteiger partial charge in [0, 0.05) is 12.1 Å². The third-order valence-corrected chi connectivity index (χ3v) is 3.55. The maximum atomic E-state index is 11.9. The first kappa shape index (κ1) is 11.5. The Bertz CT molecular complexity index is 524. The first-order valence-electron chi connectivity index (χ1n) is 6.43. The molecule has 1 N–H and O–H groups in total. The van der Waals surface area contributed by atoms with Gasteiger partial charge in [0.15, 0.2) is 0 Å². The smallest absolute Gasteiger partial charge is 0.251 e. The average Bonchev–Trinajstić information content (AvgIpc) is 2.83. The highest BCUT2D eigenvalue weighted by molar-refractivity contribution is 5.98. The van der Waals surface area contributed by atoms with Crippen LogP contribution in [0.3, 0.4) is 0 Å². The summed E-state index contributed by atoms with van der Waals surface area (Å²) >= 11 is 0. The number of rotatable bonds is 1. The van der Waals surface area contributed by atoms with E-state index in [1.54, 1.807) is 0 Å². The molecule has 0 atom stereocenters. The Morgan fingerprint density at radius 1 is 1.33 bits per heavy atom. The van der Waals surface area contributed by atoms with Gasteiger partial charge in [-0.1, -0.05) is 12.1 Å². The summed E-state index contributed by atoms with van der Waals surface area (Å²) in [4.78, 5) is 11.9. The van der Waals surface area contributed by atoms with Gasteiger partial charge in [0.1, 0.15) is 0 Å². The summed E-state index contributed by atoms with van der Waals surface area (Å²) in [6, 6.07) is 4.15. The molecule has 94 valence electrons. The summed E-state index contributed by atoms with van der Waals surface area (Å²) in [7, 11) is 0. The lowest BCUT2D eigenvalue weighted by atomic mass is 9.91. The summed E-state index contributed by atoms with van der Waals surface area (Å²) in [5, 5.41) is 2.90. The Morgan fingerprint density at radius 3 is 3.00 bits per heavy atom. The van der Waals surface area contributed by atoms with E-state index in [0.29, 0.717) is 0 Å². The minimum absolute atomic E-state index is 0.0577. The van der Waals surface area contributed by atoms with Crippen molar-refractivity contribution in [2.24, 2.45) is 0 Å². The third-order valence-electron chi connectivity index (χ3n) is 3.55. The summed E-state index contributed by atoms with van der Waals surface area (Å²) in [6.07, 6.45) is 4.13. The molecule has 0 saturated carbocycles. The molecule has 0 spiro atoms. The Balaban J connectivity index is 2.08. The molecule has 1 aromatic carbocycles. The van der Waals surface area contributed by atoms with Crippen LogP contribution in [0.4, 0.5) is 0 Å². The molecule has 3 heteroatoms. The van der Waals surface area contributed by atoms with E-state index >= 15 is 0 Å². The largest absolute Gasteiger partial charge is 0.377 e. The van der Waals surface area contributed by atoms with Gasteiger partial charge in [-0.25, -0.2) is 0 Å². The summed E-state index contributed by atoms with van der Waals surface area (Å²) in [6.45, 7) is 4.33. The lowest BCUT2D eigenvalue weighted by Gasteiger charge is -2.19. The maximum Gasteiger partial charge on any atom is 0.251 e. The Hall–Kier alpha value is -1.61. The highest BCUT2D eigenvalue weighted by Crippen LogP contribution is 2.25. The van der Waals surface area contributed by atoms with Gasteiger partial charge in [0.2, 0.25) is 0 Å². The van der Waals surface area contributed by atoms with Gasteiger partial charge in [-0.05, 0) is 48.1 Å². The number of nitrogens with one attached hydrogen (secondary N) is 1. The first-order valence-corrected chi connectivity index (χ1v) is 6.43. The minimum Gasteiger partial charge on any atom is -0.377 e. The van der Waals surface area contributed by atoms with Gasteiger partial charge in [0.25, 0.3) is 5.91 Å². The molecule has 2 aliphatic heterocycles. The molecule has 0 aromatic heterocycles. The fourth-order valence-electron chi connectivity index (χ4n) is 2.66. The number of hydrogen-bond donors (Lipinski definition) is 1. The molecule has 1 saturated heterocycles. The maximum absolute atomic E-state index is 11.9. The molecule has 2 aliphatic rings. The first-order chi connectivity index (χ1) is 8.74. The number of benzene rings is 1. The van der Waals surface area contributed by atoms with Crippen molar-refractivity contribution in [1.82, 2.24) is 5.32 Å². The zero-order chi connectivity index (χ0) is 12.5. The van der Waals surface area contributed by atoms with Crippen molar-refractivity contribution in [3.63, 3.8) is 0 Å². The fourth-order valence-corrected chi connectivity index (χ4v) is 2.66. The van der Waals surface area contributed by atoms with Crippen molar-refractivity contribution < 1.29 is 9.53 Å². The summed E-state index contributed by atoms with van der Waals surface area (Å²) < 4.78 is 5.38. The zero-order valence-electron chi connectivity index (χ0n) is 10.6.